The summed E-state index contributed by atoms with van der Waals surface area (Å²) in [5, 5.41) is 1.75. The third-order valence-corrected chi connectivity index (χ3v) is 3.41. The summed E-state index contributed by atoms with van der Waals surface area (Å²) < 4.78 is 0. The first-order valence-electron chi connectivity index (χ1n) is 4.15. The van der Waals surface area contributed by atoms with Crippen LogP contribution in [0.4, 0.5) is 0 Å². The van der Waals surface area contributed by atoms with Crippen molar-refractivity contribution in [2.24, 2.45) is 5.41 Å². The van der Waals surface area contributed by atoms with Crippen molar-refractivity contribution in [3.8, 4) is 0 Å². The molecular formula is C9H18S. The standard InChI is InChI=1S/C9H18S/c1-7-5-9(3,4)6-8(2)10-7/h7-8H,5-6H2,1-4H3. The zero-order chi connectivity index (χ0) is 7.78. The molecule has 0 aromatic heterocycles. The molecule has 0 saturated carbocycles. The minimum absolute atomic E-state index is 0.601. The largest absolute Gasteiger partial charge is 0.156 e. The topological polar surface area (TPSA) is 0 Å². The highest BCUT2D eigenvalue weighted by molar-refractivity contribution is 8.00. The van der Waals surface area contributed by atoms with Gasteiger partial charge in [0.05, 0.1) is 0 Å². The summed E-state index contributed by atoms with van der Waals surface area (Å²) in [6, 6.07) is 0. The first kappa shape index (κ1) is 8.45. The molecule has 0 radical (unpaired) electrons. The molecule has 1 fully saturated rings. The fourth-order valence-electron chi connectivity index (χ4n) is 2.13. The summed E-state index contributed by atoms with van der Waals surface area (Å²) in [5.41, 5.74) is 0.601. The average Bonchev–Trinajstić information content (AvgIpc) is 1.54. The van der Waals surface area contributed by atoms with Gasteiger partial charge in [0.2, 0.25) is 0 Å². The van der Waals surface area contributed by atoms with Gasteiger partial charge in [0.15, 0.2) is 0 Å². The van der Waals surface area contributed by atoms with E-state index in [1.807, 2.05) is 0 Å². The van der Waals surface area contributed by atoms with Crippen LogP contribution in [0.25, 0.3) is 0 Å². The zero-order valence-electron chi connectivity index (χ0n) is 7.48. The summed E-state index contributed by atoms with van der Waals surface area (Å²) in [7, 11) is 0. The van der Waals surface area contributed by atoms with Crippen LogP contribution in [0.3, 0.4) is 0 Å². The number of hydrogen-bond donors (Lipinski definition) is 0. The molecule has 0 amide bonds. The van der Waals surface area contributed by atoms with Crippen LogP contribution in [-0.2, 0) is 0 Å². The molecule has 60 valence electrons. The Morgan fingerprint density at radius 2 is 1.50 bits per heavy atom. The van der Waals surface area contributed by atoms with Crippen molar-refractivity contribution < 1.29 is 0 Å². The maximum absolute atomic E-state index is 2.39. The van der Waals surface area contributed by atoms with Gasteiger partial charge in [-0.15, -0.1) is 0 Å². The van der Waals surface area contributed by atoms with E-state index < -0.39 is 0 Å². The van der Waals surface area contributed by atoms with Crippen LogP contribution in [0.2, 0.25) is 0 Å². The van der Waals surface area contributed by atoms with Gasteiger partial charge in [-0.25, -0.2) is 0 Å². The smallest absolute Gasteiger partial charge is 0.00264 e. The highest BCUT2D eigenvalue weighted by atomic mass is 32.2. The third-order valence-electron chi connectivity index (χ3n) is 2.14. The van der Waals surface area contributed by atoms with E-state index in [0.717, 1.165) is 10.5 Å². The molecule has 2 atom stereocenters. The second-order valence-electron chi connectivity index (χ2n) is 4.33. The summed E-state index contributed by atoms with van der Waals surface area (Å²) in [4.78, 5) is 0. The third kappa shape index (κ3) is 2.19. The monoisotopic (exact) mass is 158 g/mol. The van der Waals surface area contributed by atoms with Crippen molar-refractivity contribution in [3.05, 3.63) is 0 Å². The van der Waals surface area contributed by atoms with Gasteiger partial charge in [-0.1, -0.05) is 27.7 Å². The molecule has 10 heavy (non-hydrogen) atoms. The Hall–Kier alpha value is 0.350. The van der Waals surface area contributed by atoms with Crippen LogP contribution in [0, 0.1) is 5.41 Å². The van der Waals surface area contributed by atoms with Gasteiger partial charge in [-0.3, -0.25) is 0 Å². The quantitative estimate of drug-likeness (QED) is 0.521. The van der Waals surface area contributed by atoms with Gasteiger partial charge >= 0.3 is 0 Å². The molecule has 1 heterocycles. The maximum atomic E-state index is 2.39. The fourth-order valence-corrected chi connectivity index (χ4v) is 4.02. The molecule has 1 aliphatic heterocycles. The molecule has 0 spiro atoms. The van der Waals surface area contributed by atoms with Crippen molar-refractivity contribution >= 4 is 11.8 Å². The molecule has 0 N–H and O–H groups in total. The summed E-state index contributed by atoms with van der Waals surface area (Å²) in [6.07, 6.45) is 2.78. The number of thioether (sulfide) groups is 1. The Morgan fingerprint density at radius 1 is 1.10 bits per heavy atom. The predicted molar refractivity (Wildman–Crippen MR) is 49.5 cm³/mol. The van der Waals surface area contributed by atoms with E-state index >= 15 is 0 Å². The van der Waals surface area contributed by atoms with Crippen molar-refractivity contribution in [2.45, 2.75) is 51.0 Å². The number of hydrogen-bond acceptors (Lipinski definition) is 1. The second-order valence-corrected chi connectivity index (χ2v) is 6.21. The van der Waals surface area contributed by atoms with E-state index in [2.05, 4.69) is 39.5 Å². The lowest BCUT2D eigenvalue weighted by molar-refractivity contribution is 0.296. The molecule has 1 rings (SSSR count). The molecule has 0 nitrogen and oxygen atoms in total. The van der Waals surface area contributed by atoms with Gasteiger partial charge in [0.1, 0.15) is 0 Å². The lowest BCUT2D eigenvalue weighted by Gasteiger charge is -2.37. The van der Waals surface area contributed by atoms with Crippen molar-refractivity contribution in [3.63, 3.8) is 0 Å². The summed E-state index contributed by atoms with van der Waals surface area (Å²) in [5.74, 6) is 0. The Labute approximate surface area is 68.8 Å². The molecule has 1 heteroatoms. The van der Waals surface area contributed by atoms with Crippen LogP contribution >= 0.6 is 11.8 Å². The van der Waals surface area contributed by atoms with Gasteiger partial charge in [-0.2, -0.15) is 11.8 Å². The molecular weight excluding hydrogens is 140 g/mol. The van der Waals surface area contributed by atoms with E-state index in [-0.39, 0.29) is 0 Å². The summed E-state index contributed by atoms with van der Waals surface area (Å²) in [6.45, 7) is 9.48. The molecule has 2 unspecified atom stereocenters. The highest BCUT2D eigenvalue weighted by Gasteiger charge is 2.29. The van der Waals surface area contributed by atoms with Crippen LogP contribution in [0.15, 0.2) is 0 Å². The lowest BCUT2D eigenvalue weighted by atomic mass is 9.83. The molecule has 0 bridgehead atoms. The first-order chi connectivity index (χ1) is 4.49. The fraction of sp³-hybridized carbons (Fsp3) is 1.00. The normalized spacial score (nSPS) is 39.6. The molecule has 0 aliphatic carbocycles. The van der Waals surface area contributed by atoms with E-state index in [1.165, 1.54) is 12.8 Å². The molecule has 1 aliphatic rings. The van der Waals surface area contributed by atoms with Crippen LogP contribution < -0.4 is 0 Å². The van der Waals surface area contributed by atoms with Gasteiger partial charge in [0.25, 0.3) is 0 Å². The van der Waals surface area contributed by atoms with E-state index in [1.54, 1.807) is 0 Å². The lowest BCUT2D eigenvalue weighted by Crippen LogP contribution is -2.27. The highest BCUT2D eigenvalue weighted by Crippen LogP contribution is 2.42. The number of rotatable bonds is 0. The van der Waals surface area contributed by atoms with Crippen molar-refractivity contribution in [1.82, 2.24) is 0 Å². The molecule has 0 aromatic rings. The van der Waals surface area contributed by atoms with Crippen molar-refractivity contribution in [2.75, 3.05) is 0 Å². The minimum Gasteiger partial charge on any atom is -0.156 e. The Kier molecular flexibility index (Phi) is 2.34. The molecule has 0 aromatic carbocycles. The van der Waals surface area contributed by atoms with Gasteiger partial charge < -0.3 is 0 Å². The Morgan fingerprint density at radius 3 is 1.80 bits per heavy atom. The first-order valence-corrected chi connectivity index (χ1v) is 5.09. The van der Waals surface area contributed by atoms with Gasteiger partial charge in [0, 0.05) is 10.5 Å². The average molecular weight is 158 g/mol. The Balaban J connectivity index is 2.51. The predicted octanol–water partition coefficient (Wildman–Crippen LogP) is 3.32. The Bertz CT molecular complexity index is 106. The summed E-state index contributed by atoms with van der Waals surface area (Å²) >= 11 is 2.14. The zero-order valence-corrected chi connectivity index (χ0v) is 8.29. The van der Waals surface area contributed by atoms with E-state index in [0.29, 0.717) is 5.41 Å². The minimum atomic E-state index is 0.601. The van der Waals surface area contributed by atoms with Crippen molar-refractivity contribution in [1.29, 1.82) is 0 Å². The second kappa shape index (κ2) is 2.77. The van der Waals surface area contributed by atoms with Gasteiger partial charge in [-0.05, 0) is 18.3 Å². The SMILES string of the molecule is CC1CC(C)(C)CC(C)S1. The van der Waals surface area contributed by atoms with Crippen LogP contribution in [-0.4, -0.2) is 10.5 Å². The van der Waals surface area contributed by atoms with E-state index in [9.17, 15) is 0 Å². The van der Waals surface area contributed by atoms with E-state index in [4.69, 9.17) is 0 Å². The van der Waals surface area contributed by atoms with Crippen LogP contribution in [0.5, 0.6) is 0 Å². The maximum Gasteiger partial charge on any atom is 0.00264 e. The molecule has 1 saturated heterocycles. The van der Waals surface area contributed by atoms with Crippen LogP contribution in [0.1, 0.15) is 40.5 Å².